The molecule has 7 aromatic carbocycles. The minimum Gasteiger partial charge on any atom is -0.316 e. The van der Waals surface area contributed by atoms with Crippen LogP contribution in [0, 0.1) is 0 Å². The molecule has 2 aromatic heterocycles. The van der Waals surface area contributed by atoms with Gasteiger partial charge in [0.15, 0.2) is 0 Å². The number of para-hydroxylation sites is 2. The lowest BCUT2D eigenvalue weighted by molar-refractivity contribution is 0.599. The number of aromatic nitrogens is 2. The van der Waals surface area contributed by atoms with Gasteiger partial charge in [-0.05, 0) is 79.3 Å². The zero-order valence-electron chi connectivity index (χ0n) is 29.8. The Kier molecular flexibility index (Phi) is 5.79. The largest absolute Gasteiger partial charge is 0.316 e. The van der Waals surface area contributed by atoms with Crippen molar-refractivity contribution in [2.75, 3.05) is 4.90 Å². The van der Waals surface area contributed by atoms with Gasteiger partial charge >= 0.3 is 0 Å². The molecule has 0 N–H and O–H groups in total. The molecule has 9 aromatic rings. The van der Waals surface area contributed by atoms with Crippen molar-refractivity contribution in [1.82, 2.24) is 9.55 Å². The highest BCUT2D eigenvalue weighted by Gasteiger charge is 2.43. The first-order valence-electron chi connectivity index (χ1n) is 18.3. The average Bonchev–Trinajstić information content (AvgIpc) is 3.51. The summed E-state index contributed by atoms with van der Waals surface area (Å²) in [7, 11) is 0. The number of rotatable bonds is 2. The standard InChI is InChI=1S/C49H37N3/c1-48(2)25-26-51-44-20-12-10-18-40(44)49(3,4)41-29-50-47(45(48)46(41)51)52-42-19-11-9-17-37(42)39-28-31(22-24-43(39)52)30-21-23-36-34-15-6-5-13-32(34)33-14-7-8-16-35(33)38(36)27-30/h5-29H,1-4H3. The smallest absolute Gasteiger partial charge is 0.143 e. The summed E-state index contributed by atoms with van der Waals surface area (Å²) in [5.74, 6) is 0.997. The first-order chi connectivity index (χ1) is 25.3. The summed E-state index contributed by atoms with van der Waals surface area (Å²) in [5.41, 5.74) is 10.7. The van der Waals surface area contributed by atoms with E-state index in [1.807, 2.05) is 0 Å². The number of allylic oxidation sites excluding steroid dienone is 1. The number of hydrogen-bond acceptors (Lipinski definition) is 2. The first-order valence-corrected chi connectivity index (χ1v) is 18.3. The Hall–Kier alpha value is -6.19. The lowest BCUT2D eigenvalue weighted by Gasteiger charge is -2.46. The molecule has 248 valence electrons. The van der Waals surface area contributed by atoms with Crippen molar-refractivity contribution in [3.05, 3.63) is 169 Å². The summed E-state index contributed by atoms with van der Waals surface area (Å²) >= 11 is 0. The molecule has 11 rings (SSSR count). The predicted octanol–water partition coefficient (Wildman–Crippen LogP) is 12.9. The highest BCUT2D eigenvalue weighted by atomic mass is 15.2. The predicted molar refractivity (Wildman–Crippen MR) is 219 cm³/mol. The highest BCUT2D eigenvalue weighted by Crippen LogP contribution is 2.55. The fourth-order valence-corrected chi connectivity index (χ4v) is 9.41. The second-order valence-electron chi connectivity index (χ2n) is 15.7. The van der Waals surface area contributed by atoms with Crippen LogP contribution in [0.1, 0.15) is 44.4 Å². The number of benzene rings is 7. The molecule has 2 aliphatic heterocycles. The Bertz CT molecular complexity index is 2990. The van der Waals surface area contributed by atoms with Gasteiger partial charge in [-0.15, -0.1) is 0 Å². The summed E-state index contributed by atoms with van der Waals surface area (Å²) in [6.07, 6.45) is 6.76. The van der Waals surface area contributed by atoms with Crippen molar-refractivity contribution in [1.29, 1.82) is 0 Å². The third-order valence-corrected chi connectivity index (χ3v) is 12.0. The number of nitrogens with zero attached hydrogens (tertiary/aromatic N) is 3. The zero-order chi connectivity index (χ0) is 34.9. The topological polar surface area (TPSA) is 21.1 Å². The minimum absolute atomic E-state index is 0.183. The van der Waals surface area contributed by atoms with Gasteiger partial charge in [0.1, 0.15) is 5.82 Å². The Morgan fingerprint density at radius 1 is 0.500 bits per heavy atom. The highest BCUT2D eigenvalue weighted by molar-refractivity contribution is 6.25. The molecule has 0 amide bonds. The van der Waals surface area contributed by atoms with Crippen molar-refractivity contribution >= 4 is 65.5 Å². The van der Waals surface area contributed by atoms with Gasteiger partial charge < -0.3 is 4.90 Å². The van der Waals surface area contributed by atoms with Crippen LogP contribution in [0.15, 0.2) is 152 Å². The SMILES string of the molecule is CC1(C)C=CN2c3ccccc3C(C)(C)c3cnc(-n4c5ccccc5c5cc(-c6ccc7c8ccccc8c8ccccc8c7c6)ccc54)c1c32. The van der Waals surface area contributed by atoms with Crippen LogP contribution in [-0.2, 0) is 10.8 Å². The van der Waals surface area contributed by atoms with E-state index in [4.69, 9.17) is 4.98 Å². The molecular formula is C49H37N3. The maximum atomic E-state index is 5.41. The third kappa shape index (κ3) is 3.83. The normalized spacial score (nSPS) is 15.5. The fraction of sp³-hybridized carbons (Fsp3) is 0.122. The molecule has 0 bridgehead atoms. The van der Waals surface area contributed by atoms with Gasteiger partial charge in [-0.3, -0.25) is 4.57 Å². The van der Waals surface area contributed by atoms with Gasteiger partial charge in [0.05, 0.1) is 16.7 Å². The van der Waals surface area contributed by atoms with Crippen molar-refractivity contribution in [3.8, 4) is 16.9 Å². The van der Waals surface area contributed by atoms with Crippen LogP contribution in [0.5, 0.6) is 0 Å². The summed E-state index contributed by atoms with van der Waals surface area (Å²) in [5, 5.41) is 10.2. The lowest BCUT2D eigenvalue weighted by Crippen LogP contribution is -2.36. The molecule has 3 heteroatoms. The van der Waals surface area contributed by atoms with Crippen molar-refractivity contribution in [3.63, 3.8) is 0 Å². The maximum absolute atomic E-state index is 5.41. The summed E-state index contributed by atoms with van der Waals surface area (Å²) in [4.78, 5) is 7.81. The van der Waals surface area contributed by atoms with Crippen LogP contribution in [0.2, 0.25) is 0 Å². The van der Waals surface area contributed by atoms with Crippen LogP contribution in [0.3, 0.4) is 0 Å². The van der Waals surface area contributed by atoms with Gasteiger partial charge in [-0.1, -0.05) is 137 Å². The van der Waals surface area contributed by atoms with Crippen LogP contribution in [0.4, 0.5) is 11.4 Å². The number of pyridine rings is 1. The van der Waals surface area contributed by atoms with Crippen molar-refractivity contribution < 1.29 is 0 Å². The molecule has 2 aliphatic rings. The summed E-state index contributed by atoms with van der Waals surface area (Å²) in [6, 6.07) is 49.2. The molecule has 3 nitrogen and oxygen atoms in total. The second-order valence-corrected chi connectivity index (χ2v) is 15.7. The van der Waals surface area contributed by atoms with E-state index in [9.17, 15) is 0 Å². The molecule has 0 atom stereocenters. The Balaban J connectivity index is 1.15. The lowest BCUT2D eigenvalue weighted by atomic mass is 9.70. The van der Waals surface area contributed by atoms with Crippen molar-refractivity contribution in [2.24, 2.45) is 0 Å². The van der Waals surface area contributed by atoms with Crippen LogP contribution in [0.25, 0.3) is 71.1 Å². The van der Waals surface area contributed by atoms with Gasteiger partial charge in [0.25, 0.3) is 0 Å². The zero-order valence-corrected chi connectivity index (χ0v) is 29.8. The van der Waals surface area contributed by atoms with Gasteiger partial charge in [-0.25, -0.2) is 4.98 Å². The summed E-state index contributed by atoms with van der Waals surface area (Å²) in [6.45, 7) is 9.33. The van der Waals surface area contributed by atoms with E-state index in [0.717, 1.165) is 5.82 Å². The third-order valence-electron chi connectivity index (χ3n) is 12.0. The monoisotopic (exact) mass is 667 g/mol. The molecule has 0 radical (unpaired) electrons. The van der Waals surface area contributed by atoms with E-state index in [-0.39, 0.29) is 10.8 Å². The van der Waals surface area contributed by atoms with Gasteiger partial charge in [-0.2, -0.15) is 0 Å². The Labute approximate surface area is 303 Å². The van der Waals surface area contributed by atoms with E-state index < -0.39 is 0 Å². The molecule has 0 saturated heterocycles. The molecule has 0 fully saturated rings. The molecule has 0 saturated carbocycles. The van der Waals surface area contributed by atoms with E-state index in [1.54, 1.807) is 0 Å². The van der Waals surface area contributed by atoms with E-state index >= 15 is 0 Å². The van der Waals surface area contributed by atoms with Crippen LogP contribution in [-0.4, -0.2) is 9.55 Å². The Morgan fingerprint density at radius 2 is 1.06 bits per heavy atom. The molecule has 0 aliphatic carbocycles. The van der Waals surface area contributed by atoms with Crippen LogP contribution < -0.4 is 4.90 Å². The van der Waals surface area contributed by atoms with Gasteiger partial charge in [0.2, 0.25) is 0 Å². The fourth-order valence-electron chi connectivity index (χ4n) is 9.41. The van der Waals surface area contributed by atoms with Crippen LogP contribution >= 0.6 is 0 Å². The minimum atomic E-state index is -0.234. The van der Waals surface area contributed by atoms with Gasteiger partial charge in [0, 0.05) is 50.8 Å². The molecule has 0 spiro atoms. The maximum Gasteiger partial charge on any atom is 0.143 e. The van der Waals surface area contributed by atoms with E-state index in [0.29, 0.717) is 0 Å². The van der Waals surface area contributed by atoms with E-state index in [2.05, 4.69) is 189 Å². The molecule has 52 heavy (non-hydrogen) atoms. The summed E-state index contributed by atoms with van der Waals surface area (Å²) < 4.78 is 2.41. The number of anilines is 2. The molecule has 0 unspecified atom stereocenters. The average molecular weight is 668 g/mol. The Morgan fingerprint density at radius 3 is 1.79 bits per heavy atom. The number of hydrogen-bond donors (Lipinski definition) is 0. The van der Waals surface area contributed by atoms with Crippen molar-refractivity contribution in [2.45, 2.75) is 38.5 Å². The quantitative estimate of drug-likeness (QED) is 0.171. The second kappa shape index (κ2) is 10.2. The molecule has 4 heterocycles. The van der Waals surface area contributed by atoms with E-state index in [1.165, 1.54) is 93.3 Å². The number of fused-ring (bicyclic) bond motifs is 11. The molecular weight excluding hydrogens is 631 g/mol. The first kappa shape index (κ1) is 29.5.